The molecule has 0 radical (unpaired) electrons. The van der Waals surface area contributed by atoms with Crippen LogP contribution in [0.25, 0.3) is 0 Å². The van der Waals surface area contributed by atoms with Crippen LogP contribution >= 0.6 is 0 Å². The Hall–Kier alpha value is -2.57. The summed E-state index contributed by atoms with van der Waals surface area (Å²) >= 11 is 0. The summed E-state index contributed by atoms with van der Waals surface area (Å²) in [5.74, 6) is -0.519. The summed E-state index contributed by atoms with van der Waals surface area (Å²) in [6.45, 7) is -0.526. The summed E-state index contributed by atoms with van der Waals surface area (Å²) in [6, 6.07) is 0.878. The molecule has 0 saturated heterocycles. The van der Waals surface area contributed by atoms with E-state index in [1.54, 1.807) is 0 Å². The summed E-state index contributed by atoms with van der Waals surface area (Å²) in [5, 5.41) is 9.56. The Morgan fingerprint density at radius 3 is 2.56 bits per heavy atom. The molecule has 2 heterocycles. The Labute approximate surface area is 148 Å². The molecule has 0 aliphatic carbocycles. The van der Waals surface area contributed by atoms with E-state index in [1.165, 1.54) is 19.3 Å². The Bertz CT molecular complexity index is 780. The van der Waals surface area contributed by atoms with Crippen molar-refractivity contribution in [2.75, 3.05) is 11.9 Å². The SMILES string of the molecule is Cc1cc(C(F)(F)F)nn1CCC(=O)Nc1cnn(COCC(F)(F)F)c1. The van der Waals surface area contributed by atoms with Gasteiger partial charge in [0.1, 0.15) is 13.3 Å². The van der Waals surface area contributed by atoms with Crippen LogP contribution in [-0.4, -0.2) is 38.3 Å². The predicted molar refractivity (Wildman–Crippen MR) is 79.4 cm³/mol. The molecule has 1 amide bonds. The molecule has 0 aliphatic rings. The van der Waals surface area contributed by atoms with Gasteiger partial charge < -0.3 is 10.1 Å². The number of halogens is 6. The average Bonchev–Trinajstić information content (AvgIpc) is 3.10. The number of rotatable bonds is 7. The van der Waals surface area contributed by atoms with Crippen molar-refractivity contribution < 1.29 is 35.9 Å². The first-order chi connectivity index (χ1) is 12.4. The van der Waals surface area contributed by atoms with Gasteiger partial charge in [-0.05, 0) is 13.0 Å². The van der Waals surface area contributed by atoms with Crippen molar-refractivity contribution in [3.8, 4) is 0 Å². The number of ether oxygens (including phenoxy) is 1. The standard InChI is InChI=1S/C14H15F6N5O2/c1-9-4-11(14(18,19)20)23-25(9)3-2-12(26)22-10-5-21-24(6-10)8-27-7-13(15,16)17/h4-6H,2-3,7-8H2,1H3,(H,22,26). The van der Waals surface area contributed by atoms with E-state index in [0.29, 0.717) is 0 Å². The zero-order valence-corrected chi connectivity index (χ0v) is 13.9. The molecule has 2 rings (SSSR count). The van der Waals surface area contributed by atoms with E-state index in [4.69, 9.17) is 0 Å². The van der Waals surface area contributed by atoms with E-state index < -0.39 is 37.3 Å². The number of hydrogen-bond acceptors (Lipinski definition) is 4. The Balaban J connectivity index is 1.82. The number of aryl methyl sites for hydroxylation is 2. The molecule has 0 fully saturated rings. The summed E-state index contributed by atoms with van der Waals surface area (Å²) in [4.78, 5) is 11.9. The van der Waals surface area contributed by atoms with Gasteiger partial charge in [0.05, 0.1) is 18.1 Å². The van der Waals surface area contributed by atoms with Gasteiger partial charge in [-0.15, -0.1) is 0 Å². The van der Waals surface area contributed by atoms with Gasteiger partial charge in [0, 0.05) is 18.7 Å². The third kappa shape index (κ3) is 6.58. The highest BCUT2D eigenvalue weighted by atomic mass is 19.4. The number of alkyl halides is 6. The van der Waals surface area contributed by atoms with Crippen molar-refractivity contribution in [1.29, 1.82) is 0 Å². The number of aromatic nitrogens is 4. The van der Waals surface area contributed by atoms with Gasteiger partial charge in [-0.2, -0.15) is 36.5 Å². The molecule has 7 nitrogen and oxygen atoms in total. The van der Waals surface area contributed by atoms with E-state index in [-0.39, 0.29) is 24.3 Å². The van der Waals surface area contributed by atoms with Crippen molar-refractivity contribution >= 4 is 11.6 Å². The minimum Gasteiger partial charge on any atom is -0.350 e. The van der Waals surface area contributed by atoms with Crippen LogP contribution in [0.4, 0.5) is 32.0 Å². The molecule has 150 valence electrons. The summed E-state index contributed by atoms with van der Waals surface area (Å²) in [6.07, 6.45) is -6.72. The zero-order chi connectivity index (χ0) is 20.2. The minimum atomic E-state index is -4.57. The van der Waals surface area contributed by atoms with Gasteiger partial charge in [-0.3, -0.25) is 9.48 Å². The quantitative estimate of drug-likeness (QED) is 0.727. The van der Waals surface area contributed by atoms with Crippen LogP contribution in [0.5, 0.6) is 0 Å². The van der Waals surface area contributed by atoms with Crippen molar-refractivity contribution in [3.63, 3.8) is 0 Å². The molecular weight excluding hydrogens is 384 g/mol. The van der Waals surface area contributed by atoms with Gasteiger partial charge in [-0.25, -0.2) is 4.68 Å². The monoisotopic (exact) mass is 399 g/mol. The molecule has 0 saturated carbocycles. The maximum absolute atomic E-state index is 12.6. The Morgan fingerprint density at radius 1 is 1.26 bits per heavy atom. The maximum atomic E-state index is 12.6. The number of hydrogen-bond donors (Lipinski definition) is 1. The van der Waals surface area contributed by atoms with Gasteiger partial charge in [0.25, 0.3) is 0 Å². The minimum absolute atomic E-state index is 0.0728. The second-order valence-corrected chi connectivity index (χ2v) is 5.55. The van der Waals surface area contributed by atoms with E-state index >= 15 is 0 Å². The number of anilines is 1. The van der Waals surface area contributed by atoms with Crippen LogP contribution in [0.15, 0.2) is 18.5 Å². The first-order valence-electron chi connectivity index (χ1n) is 7.52. The molecule has 2 aromatic heterocycles. The molecule has 0 atom stereocenters. The van der Waals surface area contributed by atoms with E-state index in [9.17, 15) is 31.1 Å². The first kappa shape index (κ1) is 20.7. The Kier molecular flexibility index (Phi) is 6.13. The lowest BCUT2D eigenvalue weighted by atomic mass is 10.3. The van der Waals surface area contributed by atoms with Gasteiger partial charge in [-0.1, -0.05) is 0 Å². The molecule has 0 unspecified atom stereocenters. The third-order valence-corrected chi connectivity index (χ3v) is 3.23. The lowest BCUT2D eigenvalue weighted by Gasteiger charge is -2.07. The fourth-order valence-electron chi connectivity index (χ4n) is 2.06. The molecule has 13 heteroatoms. The normalized spacial score (nSPS) is 12.4. The van der Waals surface area contributed by atoms with E-state index in [1.807, 2.05) is 0 Å². The lowest BCUT2D eigenvalue weighted by Crippen LogP contribution is -2.18. The lowest BCUT2D eigenvalue weighted by molar-refractivity contribution is -0.182. The molecule has 0 aromatic carbocycles. The van der Waals surface area contributed by atoms with Gasteiger partial charge >= 0.3 is 12.4 Å². The van der Waals surface area contributed by atoms with Crippen molar-refractivity contribution in [2.45, 2.75) is 39.0 Å². The molecule has 1 N–H and O–H groups in total. The second-order valence-electron chi connectivity index (χ2n) is 5.55. The van der Waals surface area contributed by atoms with Crippen molar-refractivity contribution in [3.05, 3.63) is 29.8 Å². The zero-order valence-electron chi connectivity index (χ0n) is 13.9. The molecule has 0 bridgehead atoms. The van der Waals surface area contributed by atoms with Gasteiger partial charge in [0.15, 0.2) is 5.69 Å². The smallest absolute Gasteiger partial charge is 0.350 e. The molecule has 0 aliphatic heterocycles. The number of nitrogens with one attached hydrogen (secondary N) is 1. The summed E-state index contributed by atoms with van der Waals surface area (Å²) in [5.41, 5.74) is -0.575. The molecule has 27 heavy (non-hydrogen) atoms. The topological polar surface area (TPSA) is 74.0 Å². The fourth-order valence-corrected chi connectivity index (χ4v) is 2.06. The molecule has 0 spiro atoms. The highest BCUT2D eigenvalue weighted by Crippen LogP contribution is 2.28. The number of carbonyl (C=O) groups is 1. The van der Waals surface area contributed by atoms with Crippen LogP contribution < -0.4 is 5.32 Å². The number of carbonyl (C=O) groups excluding carboxylic acids is 1. The van der Waals surface area contributed by atoms with Crippen molar-refractivity contribution in [2.24, 2.45) is 0 Å². The van der Waals surface area contributed by atoms with Crippen LogP contribution in [0.2, 0.25) is 0 Å². The first-order valence-corrected chi connectivity index (χ1v) is 7.52. The average molecular weight is 399 g/mol. The molecule has 2 aromatic rings. The summed E-state index contributed by atoms with van der Waals surface area (Å²) < 4.78 is 80.2. The van der Waals surface area contributed by atoms with Crippen LogP contribution in [0.3, 0.4) is 0 Å². The van der Waals surface area contributed by atoms with Gasteiger partial charge in [0.2, 0.25) is 5.91 Å². The highest BCUT2D eigenvalue weighted by Gasteiger charge is 2.34. The largest absolute Gasteiger partial charge is 0.435 e. The third-order valence-electron chi connectivity index (χ3n) is 3.23. The Morgan fingerprint density at radius 2 is 1.96 bits per heavy atom. The van der Waals surface area contributed by atoms with E-state index in [2.05, 4.69) is 20.3 Å². The van der Waals surface area contributed by atoms with Crippen molar-refractivity contribution in [1.82, 2.24) is 19.6 Å². The number of nitrogens with zero attached hydrogens (tertiary/aromatic N) is 4. The second kappa shape index (κ2) is 7.98. The predicted octanol–water partition coefficient (Wildman–Crippen LogP) is 2.97. The van der Waals surface area contributed by atoms with Crippen LogP contribution in [0, 0.1) is 6.92 Å². The summed E-state index contributed by atoms with van der Waals surface area (Å²) in [7, 11) is 0. The maximum Gasteiger partial charge on any atom is 0.435 e. The number of amides is 1. The fraction of sp³-hybridized carbons (Fsp3) is 0.500. The van der Waals surface area contributed by atoms with Crippen LogP contribution in [-0.2, 0) is 29.0 Å². The van der Waals surface area contributed by atoms with E-state index in [0.717, 1.165) is 15.4 Å². The highest BCUT2D eigenvalue weighted by molar-refractivity contribution is 5.90. The molecular formula is C14H15F6N5O2. The van der Waals surface area contributed by atoms with Crippen LogP contribution in [0.1, 0.15) is 17.8 Å².